The minimum absolute atomic E-state index is 0.962. The number of benzene rings is 3. The van der Waals surface area contributed by atoms with Gasteiger partial charge in [-0.3, -0.25) is 4.90 Å². The van der Waals surface area contributed by atoms with E-state index in [0.29, 0.717) is 0 Å². The van der Waals surface area contributed by atoms with Gasteiger partial charge in [0.2, 0.25) is 0 Å². The molecule has 6 rings (SSSR count). The molecule has 4 heteroatoms. The first-order valence-electron chi connectivity index (χ1n) is 12.6. The van der Waals surface area contributed by atoms with Crippen molar-refractivity contribution in [2.75, 3.05) is 31.1 Å². The maximum absolute atomic E-state index is 4.75. The lowest BCUT2D eigenvalue weighted by atomic mass is 9.94. The van der Waals surface area contributed by atoms with Gasteiger partial charge in [-0.2, -0.15) is 5.10 Å². The zero-order valence-corrected chi connectivity index (χ0v) is 19.7. The number of aryl methyl sites for hydroxylation is 4. The minimum atomic E-state index is 0.962. The Morgan fingerprint density at radius 3 is 1.97 bits per heavy atom. The summed E-state index contributed by atoms with van der Waals surface area (Å²) in [5.74, 6) is 0. The van der Waals surface area contributed by atoms with Crippen LogP contribution >= 0.6 is 0 Å². The van der Waals surface area contributed by atoms with Gasteiger partial charge in [-0.05, 0) is 72.2 Å². The van der Waals surface area contributed by atoms with E-state index in [1.54, 1.807) is 0 Å². The fraction of sp³-hybridized carbons (Fsp3) is 0.300. The predicted molar refractivity (Wildman–Crippen MR) is 139 cm³/mol. The van der Waals surface area contributed by atoms with Crippen molar-refractivity contribution in [1.82, 2.24) is 14.7 Å². The van der Waals surface area contributed by atoms with E-state index in [-0.39, 0.29) is 0 Å². The molecule has 1 saturated heterocycles. The van der Waals surface area contributed by atoms with E-state index in [1.165, 1.54) is 39.2 Å². The summed E-state index contributed by atoms with van der Waals surface area (Å²) in [5.41, 5.74) is 9.52. The monoisotopic (exact) mass is 448 g/mol. The van der Waals surface area contributed by atoms with Gasteiger partial charge in [0.25, 0.3) is 0 Å². The zero-order chi connectivity index (χ0) is 22.7. The maximum Gasteiger partial charge on any atom is 0.0651 e. The second-order valence-corrected chi connectivity index (χ2v) is 9.72. The molecule has 1 aliphatic carbocycles. The van der Waals surface area contributed by atoms with E-state index < -0.39 is 0 Å². The quantitative estimate of drug-likeness (QED) is 0.435. The summed E-state index contributed by atoms with van der Waals surface area (Å²) in [5, 5.41) is 4.75. The van der Waals surface area contributed by atoms with Crippen molar-refractivity contribution < 1.29 is 0 Å². The third-order valence-corrected chi connectivity index (χ3v) is 7.23. The molecule has 0 radical (unpaired) electrons. The Hall–Kier alpha value is -3.37. The highest BCUT2D eigenvalue weighted by Crippen LogP contribution is 2.22. The van der Waals surface area contributed by atoms with Crippen molar-refractivity contribution in [3.8, 4) is 5.69 Å². The van der Waals surface area contributed by atoms with E-state index in [2.05, 4.69) is 93.5 Å². The molecule has 0 amide bonds. The SMILES string of the molecule is c1ccc(N2CCN(Cc3cnn(-c4cc5cc(c4)CCc4cccc(c4)CC5)c3)CC2)cc1. The van der Waals surface area contributed by atoms with Crippen molar-refractivity contribution in [2.45, 2.75) is 32.2 Å². The van der Waals surface area contributed by atoms with E-state index in [0.717, 1.165) is 58.4 Å². The van der Waals surface area contributed by atoms with Crippen molar-refractivity contribution >= 4 is 5.69 Å². The molecule has 4 aromatic rings. The molecular weight excluding hydrogens is 416 g/mol. The van der Waals surface area contributed by atoms with Crippen LogP contribution in [0.2, 0.25) is 0 Å². The third-order valence-electron chi connectivity index (χ3n) is 7.23. The summed E-state index contributed by atoms with van der Waals surface area (Å²) in [6.07, 6.45) is 8.60. The van der Waals surface area contributed by atoms with Gasteiger partial charge < -0.3 is 4.90 Å². The van der Waals surface area contributed by atoms with Gasteiger partial charge in [-0.25, -0.2) is 4.68 Å². The fourth-order valence-corrected chi connectivity index (χ4v) is 5.33. The van der Waals surface area contributed by atoms with Crippen LogP contribution in [0.1, 0.15) is 27.8 Å². The Labute approximate surface area is 202 Å². The van der Waals surface area contributed by atoms with Gasteiger partial charge in [0.1, 0.15) is 0 Å². The Bertz CT molecular complexity index is 1210. The first kappa shape index (κ1) is 21.2. The van der Waals surface area contributed by atoms with Crippen molar-refractivity contribution in [3.05, 3.63) is 113 Å². The van der Waals surface area contributed by atoms with Gasteiger partial charge in [0, 0.05) is 50.2 Å². The number of hydrogen-bond donors (Lipinski definition) is 0. The van der Waals surface area contributed by atoms with Crippen LogP contribution in [-0.2, 0) is 32.2 Å². The molecule has 34 heavy (non-hydrogen) atoms. The number of rotatable bonds is 4. The van der Waals surface area contributed by atoms with Crippen molar-refractivity contribution in [3.63, 3.8) is 0 Å². The van der Waals surface area contributed by atoms with Crippen LogP contribution in [0.25, 0.3) is 5.69 Å². The van der Waals surface area contributed by atoms with Gasteiger partial charge in [0.05, 0.1) is 11.9 Å². The summed E-state index contributed by atoms with van der Waals surface area (Å²) in [6, 6.07) is 26.9. The molecule has 0 unspecified atom stereocenters. The predicted octanol–water partition coefficient (Wildman–Crippen LogP) is 5.08. The normalized spacial score (nSPS) is 16.4. The number of nitrogens with zero attached hydrogens (tertiary/aromatic N) is 4. The molecule has 1 fully saturated rings. The lowest BCUT2D eigenvalue weighted by Gasteiger charge is -2.35. The standard InChI is InChI=1S/C30H32N4/c1-2-7-29(8-3-1)33-15-13-32(14-16-33)22-28-21-31-34(23-28)30-19-26-11-9-24-5-4-6-25(17-24)10-12-27(18-26)20-30/h1-8,17-21,23H,9-16,22H2. The largest absolute Gasteiger partial charge is 0.369 e. The molecule has 2 aliphatic rings. The number of hydrogen-bond acceptors (Lipinski definition) is 3. The van der Waals surface area contributed by atoms with Crippen LogP contribution in [0.4, 0.5) is 5.69 Å². The summed E-state index contributed by atoms with van der Waals surface area (Å²) >= 11 is 0. The van der Waals surface area contributed by atoms with Gasteiger partial charge in [0.15, 0.2) is 0 Å². The molecule has 0 N–H and O–H groups in total. The molecule has 3 aromatic carbocycles. The van der Waals surface area contributed by atoms with Crippen LogP contribution in [0.5, 0.6) is 0 Å². The zero-order valence-electron chi connectivity index (χ0n) is 19.7. The highest BCUT2D eigenvalue weighted by atomic mass is 15.3. The van der Waals surface area contributed by atoms with E-state index >= 15 is 0 Å². The Kier molecular flexibility index (Phi) is 5.90. The second-order valence-electron chi connectivity index (χ2n) is 9.72. The summed E-state index contributed by atoms with van der Waals surface area (Å²) in [4.78, 5) is 5.03. The van der Waals surface area contributed by atoms with E-state index in [1.807, 2.05) is 6.20 Å². The molecule has 0 atom stereocenters. The van der Waals surface area contributed by atoms with Crippen molar-refractivity contribution in [2.24, 2.45) is 0 Å². The fourth-order valence-electron chi connectivity index (χ4n) is 5.33. The average molecular weight is 449 g/mol. The molecule has 4 bridgehead atoms. The lowest BCUT2D eigenvalue weighted by Crippen LogP contribution is -2.45. The smallest absolute Gasteiger partial charge is 0.0651 e. The second kappa shape index (κ2) is 9.47. The Morgan fingerprint density at radius 1 is 0.618 bits per heavy atom. The number of fused-ring (bicyclic) bond motifs is 4. The van der Waals surface area contributed by atoms with Crippen LogP contribution in [0, 0.1) is 0 Å². The molecule has 1 aromatic heterocycles. The van der Waals surface area contributed by atoms with Gasteiger partial charge >= 0.3 is 0 Å². The first-order chi connectivity index (χ1) is 16.8. The van der Waals surface area contributed by atoms with E-state index in [4.69, 9.17) is 5.10 Å². The highest BCUT2D eigenvalue weighted by molar-refractivity contribution is 5.46. The molecule has 4 nitrogen and oxygen atoms in total. The van der Waals surface area contributed by atoms with Crippen LogP contribution in [0.3, 0.4) is 0 Å². The number of aromatic nitrogens is 2. The summed E-state index contributed by atoms with van der Waals surface area (Å²) in [7, 11) is 0. The van der Waals surface area contributed by atoms with Crippen LogP contribution in [-0.4, -0.2) is 40.9 Å². The Balaban J connectivity index is 1.13. The van der Waals surface area contributed by atoms with Crippen molar-refractivity contribution in [1.29, 1.82) is 0 Å². The maximum atomic E-state index is 4.75. The third kappa shape index (κ3) is 4.78. The molecule has 1 aliphatic heterocycles. The van der Waals surface area contributed by atoms with Crippen LogP contribution in [0.15, 0.2) is 85.2 Å². The summed E-state index contributed by atoms with van der Waals surface area (Å²) < 4.78 is 2.08. The average Bonchev–Trinajstić information content (AvgIpc) is 3.36. The van der Waals surface area contributed by atoms with Gasteiger partial charge in [-0.1, -0.05) is 48.5 Å². The minimum Gasteiger partial charge on any atom is -0.369 e. The van der Waals surface area contributed by atoms with E-state index in [9.17, 15) is 0 Å². The number of anilines is 1. The molecule has 172 valence electrons. The lowest BCUT2D eigenvalue weighted by molar-refractivity contribution is 0.250. The summed E-state index contributed by atoms with van der Waals surface area (Å²) in [6.45, 7) is 5.28. The highest BCUT2D eigenvalue weighted by Gasteiger charge is 2.18. The van der Waals surface area contributed by atoms with Gasteiger partial charge in [-0.15, -0.1) is 0 Å². The molecule has 0 saturated carbocycles. The molecule has 2 heterocycles. The number of piperazine rings is 1. The van der Waals surface area contributed by atoms with Crippen LogP contribution < -0.4 is 4.90 Å². The number of para-hydroxylation sites is 1. The Morgan fingerprint density at radius 2 is 1.26 bits per heavy atom. The molecule has 0 spiro atoms. The first-order valence-corrected chi connectivity index (χ1v) is 12.6. The molecular formula is C30H32N4. The topological polar surface area (TPSA) is 24.3 Å².